The number of hydrogen-bond donors (Lipinski definition) is 0. The number of alkyl halides is 3. The first-order valence-corrected chi connectivity index (χ1v) is 4.56. The first kappa shape index (κ1) is 12.9. The molecule has 0 atom stereocenters. The normalized spacial score (nSPS) is 10.1. The van der Waals surface area contributed by atoms with Gasteiger partial charge in [-0.05, 0) is 11.6 Å². The van der Waals surface area contributed by atoms with Gasteiger partial charge in [-0.2, -0.15) is 13.2 Å². The number of azide groups is 1. The van der Waals surface area contributed by atoms with Crippen molar-refractivity contribution in [1.82, 2.24) is 4.98 Å². The third kappa shape index (κ3) is 4.45. The molecule has 0 bridgehead atoms. The molecule has 1 rings (SSSR count). The van der Waals surface area contributed by atoms with E-state index in [0.717, 1.165) is 12.3 Å². The van der Waals surface area contributed by atoms with Crippen molar-refractivity contribution in [3.05, 3.63) is 40.0 Å². The molecule has 0 saturated carbocycles. The molecule has 0 radical (unpaired) electrons. The van der Waals surface area contributed by atoms with Crippen LogP contribution in [0.25, 0.3) is 10.4 Å². The molecule has 0 spiro atoms. The van der Waals surface area contributed by atoms with Crippen LogP contribution in [0.5, 0.6) is 0 Å². The molecule has 0 aliphatic heterocycles. The summed E-state index contributed by atoms with van der Waals surface area (Å²) in [5.41, 5.74) is 7.33. The lowest BCUT2D eigenvalue weighted by Crippen LogP contribution is -2.05. The molecule has 1 aromatic heterocycles. The van der Waals surface area contributed by atoms with Gasteiger partial charge in [-0.1, -0.05) is 17.0 Å². The van der Waals surface area contributed by atoms with E-state index in [1.807, 2.05) is 0 Å². The smallest absolute Gasteiger partial charge is 0.263 e. The van der Waals surface area contributed by atoms with Crippen LogP contribution in [0.4, 0.5) is 13.2 Å². The standard InChI is InChI=1S/C10H7F3N4/c11-10(12,13)9-5-8(6-15-7-9)3-1-2-4-16-17-14/h5-7H,2,4H2. The minimum Gasteiger partial charge on any atom is -0.263 e. The molecule has 0 saturated heterocycles. The quantitative estimate of drug-likeness (QED) is 0.257. The van der Waals surface area contributed by atoms with Crippen LogP contribution in [0.3, 0.4) is 0 Å². The molecule has 7 heteroatoms. The number of aromatic nitrogens is 1. The Morgan fingerprint density at radius 1 is 1.41 bits per heavy atom. The fourth-order valence-electron chi connectivity index (χ4n) is 0.979. The largest absolute Gasteiger partial charge is 0.417 e. The van der Waals surface area contributed by atoms with Crippen molar-refractivity contribution in [2.45, 2.75) is 12.6 Å². The van der Waals surface area contributed by atoms with Crippen LogP contribution in [-0.4, -0.2) is 11.5 Å². The summed E-state index contributed by atoms with van der Waals surface area (Å²) in [7, 11) is 0. The second-order valence-corrected chi connectivity index (χ2v) is 2.97. The molecular formula is C10H7F3N4. The van der Waals surface area contributed by atoms with Crippen LogP contribution >= 0.6 is 0 Å². The first-order valence-electron chi connectivity index (χ1n) is 4.56. The van der Waals surface area contributed by atoms with Gasteiger partial charge in [0.15, 0.2) is 0 Å². The van der Waals surface area contributed by atoms with E-state index >= 15 is 0 Å². The molecule has 0 aliphatic carbocycles. The highest BCUT2D eigenvalue weighted by atomic mass is 19.4. The van der Waals surface area contributed by atoms with E-state index in [2.05, 4.69) is 26.9 Å². The fraction of sp³-hybridized carbons (Fsp3) is 0.300. The summed E-state index contributed by atoms with van der Waals surface area (Å²) in [5, 5.41) is 3.24. The van der Waals surface area contributed by atoms with E-state index < -0.39 is 11.7 Å². The average molecular weight is 240 g/mol. The van der Waals surface area contributed by atoms with Crippen LogP contribution in [0.2, 0.25) is 0 Å². The van der Waals surface area contributed by atoms with Crippen LogP contribution in [0.1, 0.15) is 17.5 Å². The monoisotopic (exact) mass is 240 g/mol. The molecule has 88 valence electrons. The molecule has 1 aromatic rings. The molecule has 0 aliphatic rings. The third-order valence-electron chi connectivity index (χ3n) is 1.70. The SMILES string of the molecule is [N-]=[N+]=NCCC#Cc1cncc(C(F)(F)F)c1. The Bertz CT molecular complexity index is 492. The van der Waals surface area contributed by atoms with Gasteiger partial charge in [0, 0.05) is 35.8 Å². The molecule has 1 heterocycles. The van der Waals surface area contributed by atoms with E-state index in [1.165, 1.54) is 6.20 Å². The summed E-state index contributed by atoms with van der Waals surface area (Å²) in [6.07, 6.45) is -2.14. The highest BCUT2D eigenvalue weighted by Gasteiger charge is 2.30. The van der Waals surface area contributed by atoms with Gasteiger partial charge in [0.25, 0.3) is 0 Å². The summed E-state index contributed by atoms with van der Waals surface area (Å²) in [4.78, 5) is 5.98. The minimum atomic E-state index is -4.42. The number of halogens is 3. The first-order chi connectivity index (χ1) is 8.04. The number of rotatable bonds is 2. The van der Waals surface area contributed by atoms with Crippen molar-refractivity contribution in [2.24, 2.45) is 5.11 Å². The van der Waals surface area contributed by atoms with Crippen LogP contribution in [-0.2, 0) is 6.18 Å². The molecule has 17 heavy (non-hydrogen) atoms. The van der Waals surface area contributed by atoms with Gasteiger partial charge >= 0.3 is 6.18 Å². The molecule has 0 amide bonds. The number of hydrogen-bond acceptors (Lipinski definition) is 2. The maximum absolute atomic E-state index is 12.3. The minimum absolute atomic E-state index is 0.181. The molecule has 0 fully saturated rings. The highest BCUT2D eigenvalue weighted by Crippen LogP contribution is 2.28. The summed E-state index contributed by atoms with van der Waals surface area (Å²) in [5.74, 6) is 5.11. The Labute approximate surface area is 95.1 Å². The summed E-state index contributed by atoms with van der Waals surface area (Å²) >= 11 is 0. The fourth-order valence-corrected chi connectivity index (χ4v) is 0.979. The van der Waals surface area contributed by atoms with Gasteiger partial charge in [-0.3, -0.25) is 4.98 Å². The Kier molecular flexibility index (Phi) is 4.37. The lowest BCUT2D eigenvalue weighted by atomic mass is 10.2. The second kappa shape index (κ2) is 5.77. The van der Waals surface area contributed by atoms with Gasteiger partial charge < -0.3 is 0 Å². The molecule has 0 unspecified atom stereocenters. The topological polar surface area (TPSA) is 61.7 Å². The number of pyridine rings is 1. The molecule has 4 nitrogen and oxygen atoms in total. The zero-order valence-electron chi connectivity index (χ0n) is 8.57. The Morgan fingerprint density at radius 3 is 2.82 bits per heavy atom. The maximum atomic E-state index is 12.3. The maximum Gasteiger partial charge on any atom is 0.417 e. The van der Waals surface area contributed by atoms with Crippen LogP contribution in [0.15, 0.2) is 23.6 Å². The van der Waals surface area contributed by atoms with Gasteiger partial charge in [0.1, 0.15) is 0 Å². The zero-order valence-corrected chi connectivity index (χ0v) is 8.57. The Hall–Kier alpha value is -2.19. The molecule has 0 N–H and O–H groups in total. The van der Waals surface area contributed by atoms with Gasteiger partial charge in [0.05, 0.1) is 5.56 Å². The van der Waals surface area contributed by atoms with Gasteiger partial charge in [0.2, 0.25) is 0 Å². The van der Waals surface area contributed by atoms with Crippen molar-refractivity contribution in [2.75, 3.05) is 6.54 Å². The zero-order chi connectivity index (χ0) is 12.7. The van der Waals surface area contributed by atoms with Gasteiger partial charge in [-0.15, -0.1) is 0 Å². The van der Waals surface area contributed by atoms with Gasteiger partial charge in [-0.25, -0.2) is 0 Å². The third-order valence-corrected chi connectivity index (χ3v) is 1.70. The van der Waals surface area contributed by atoms with Crippen LogP contribution < -0.4 is 0 Å². The molecule has 0 aromatic carbocycles. The predicted octanol–water partition coefficient (Wildman–Crippen LogP) is 3.15. The lowest BCUT2D eigenvalue weighted by molar-refractivity contribution is -0.137. The molecular weight excluding hydrogens is 233 g/mol. The van der Waals surface area contributed by atoms with Crippen molar-refractivity contribution < 1.29 is 13.2 Å². The van der Waals surface area contributed by atoms with Crippen molar-refractivity contribution in [3.63, 3.8) is 0 Å². The summed E-state index contributed by atoms with van der Waals surface area (Å²) < 4.78 is 36.9. The van der Waals surface area contributed by atoms with E-state index in [-0.39, 0.29) is 12.1 Å². The van der Waals surface area contributed by atoms with Crippen molar-refractivity contribution in [3.8, 4) is 11.8 Å². The van der Waals surface area contributed by atoms with Crippen molar-refractivity contribution in [1.29, 1.82) is 0 Å². The Balaban J connectivity index is 2.75. The summed E-state index contributed by atoms with van der Waals surface area (Å²) in [6, 6.07) is 0.924. The average Bonchev–Trinajstić information content (AvgIpc) is 2.28. The number of nitrogens with zero attached hydrogens (tertiary/aromatic N) is 4. The lowest BCUT2D eigenvalue weighted by Gasteiger charge is -2.04. The van der Waals surface area contributed by atoms with E-state index in [9.17, 15) is 13.2 Å². The highest BCUT2D eigenvalue weighted by molar-refractivity contribution is 5.35. The Morgan fingerprint density at radius 2 is 2.18 bits per heavy atom. The van der Waals surface area contributed by atoms with E-state index in [0.29, 0.717) is 6.42 Å². The summed E-state index contributed by atoms with van der Waals surface area (Å²) in [6.45, 7) is 0.190. The predicted molar refractivity (Wildman–Crippen MR) is 54.7 cm³/mol. The second-order valence-electron chi connectivity index (χ2n) is 2.97. The van der Waals surface area contributed by atoms with Crippen molar-refractivity contribution >= 4 is 0 Å². The van der Waals surface area contributed by atoms with E-state index in [1.54, 1.807) is 0 Å². The van der Waals surface area contributed by atoms with E-state index in [4.69, 9.17) is 5.53 Å². The van der Waals surface area contributed by atoms with Crippen LogP contribution in [0, 0.1) is 11.8 Å².